The third-order valence-electron chi connectivity index (χ3n) is 4.45. The first-order valence-corrected chi connectivity index (χ1v) is 8.58. The van der Waals surface area contributed by atoms with E-state index in [0.717, 1.165) is 22.8 Å². The van der Waals surface area contributed by atoms with Crippen LogP contribution >= 0.6 is 11.8 Å². The molecule has 0 amide bonds. The Morgan fingerprint density at radius 1 is 1.21 bits per heavy atom. The van der Waals surface area contributed by atoms with Crippen molar-refractivity contribution in [3.05, 3.63) is 35.9 Å². The standard InChI is InChI=1S/C17H27NS/c1-13(2)15-9-10-16(18-3)17(11-15)19-12-14-7-5-4-6-8-14/h4-8,13,15-18H,9-12H2,1-3H3. The largest absolute Gasteiger partial charge is 0.316 e. The molecule has 1 nitrogen and oxygen atoms in total. The fourth-order valence-corrected chi connectivity index (χ4v) is 4.54. The smallest absolute Gasteiger partial charge is 0.0207 e. The summed E-state index contributed by atoms with van der Waals surface area (Å²) in [5.74, 6) is 2.89. The van der Waals surface area contributed by atoms with Crippen LogP contribution in [-0.4, -0.2) is 18.3 Å². The number of nitrogens with one attached hydrogen (secondary N) is 1. The number of thioether (sulfide) groups is 1. The first-order valence-electron chi connectivity index (χ1n) is 7.53. The Labute approximate surface area is 122 Å². The minimum atomic E-state index is 0.698. The van der Waals surface area contributed by atoms with Gasteiger partial charge in [0.05, 0.1) is 0 Å². The van der Waals surface area contributed by atoms with Gasteiger partial charge < -0.3 is 5.32 Å². The van der Waals surface area contributed by atoms with E-state index in [1.165, 1.54) is 24.8 Å². The Morgan fingerprint density at radius 3 is 2.58 bits per heavy atom. The maximum atomic E-state index is 3.53. The van der Waals surface area contributed by atoms with Gasteiger partial charge in [0.25, 0.3) is 0 Å². The van der Waals surface area contributed by atoms with Crippen molar-refractivity contribution in [1.82, 2.24) is 5.32 Å². The maximum absolute atomic E-state index is 3.53. The molecule has 1 fully saturated rings. The normalized spacial score (nSPS) is 27.7. The van der Waals surface area contributed by atoms with Crippen LogP contribution in [0.25, 0.3) is 0 Å². The van der Waals surface area contributed by atoms with Gasteiger partial charge in [0.1, 0.15) is 0 Å². The van der Waals surface area contributed by atoms with Crippen LogP contribution < -0.4 is 5.32 Å². The summed E-state index contributed by atoms with van der Waals surface area (Å²) < 4.78 is 0. The van der Waals surface area contributed by atoms with Gasteiger partial charge in [-0.1, -0.05) is 44.2 Å². The molecule has 2 heteroatoms. The lowest BCUT2D eigenvalue weighted by Crippen LogP contribution is -2.41. The maximum Gasteiger partial charge on any atom is 0.0207 e. The van der Waals surface area contributed by atoms with Gasteiger partial charge >= 0.3 is 0 Å². The molecule has 1 aromatic rings. The van der Waals surface area contributed by atoms with E-state index in [0.29, 0.717) is 6.04 Å². The summed E-state index contributed by atoms with van der Waals surface area (Å²) in [5, 5.41) is 4.30. The van der Waals surface area contributed by atoms with E-state index in [-0.39, 0.29) is 0 Å². The van der Waals surface area contributed by atoms with E-state index in [1.54, 1.807) is 0 Å². The van der Waals surface area contributed by atoms with Crippen LogP contribution in [0.2, 0.25) is 0 Å². The second kappa shape index (κ2) is 7.35. The van der Waals surface area contributed by atoms with Gasteiger partial charge in [0.2, 0.25) is 0 Å². The summed E-state index contributed by atoms with van der Waals surface area (Å²) >= 11 is 2.14. The third-order valence-corrected chi connectivity index (χ3v) is 5.90. The predicted molar refractivity (Wildman–Crippen MR) is 86.6 cm³/mol. The molecule has 0 radical (unpaired) electrons. The molecule has 3 unspecified atom stereocenters. The minimum Gasteiger partial charge on any atom is -0.316 e. The quantitative estimate of drug-likeness (QED) is 0.859. The SMILES string of the molecule is CNC1CCC(C(C)C)CC1SCc1ccccc1. The molecule has 0 heterocycles. The van der Waals surface area contributed by atoms with Gasteiger partial charge in [-0.05, 0) is 43.7 Å². The van der Waals surface area contributed by atoms with Crippen molar-refractivity contribution in [2.75, 3.05) is 7.05 Å². The van der Waals surface area contributed by atoms with E-state index in [1.807, 2.05) is 0 Å². The summed E-state index contributed by atoms with van der Waals surface area (Å²) in [6, 6.07) is 11.6. The number of benzene rings is 1. The first kappa shape index (κ1) is 14.9. The summed E-state index contributed by atoms with van der Waals surface area (Å²) in [7, 11) is 2.12. The molecule has 2 rings (SSSR count). The topological polar surface area (TPSA) is 12.0 Å². The molecule has 0 aromatic heterocycles. The molecule has 1 aliphatic rings. The van der Waals surface area contributed by atoms with Crippen LogP contribution in [-0.2, 0) is 5.75 Å². The van der Waals surface area contributed by atoms with E-state index in [9.17, 15) is 0 Å². The first-order chi connectivity index (χ1) is 9.20. The molecule has 0 spiro atoms. The fraction of sp³-hybridized carbons (Fsp3) is 0.647. The predicted octanol–water partition coefficient (Wildman–Crippen LogP) is 4.33. The highest BCUT2D eigenvalue weighted by molar-refractivity contribution is 7.99. The summed E-state index contributed by atoms with van der Waals surface area (Å²) in [6.45, 7) is 4.76. The molecule has 0 aliphatic heterocycles. The van der Waals surface area contributed by atoms with E-state index < -0.39 is 0 Å². The zero-order chi connectivity index (χ0) is 13.7. The highest BCUT2D eigenvalue weighted by Crippen LogP contribution is 2.37. The van der Waals surface area contributed by atoms with Gasteiger partial charge in [-0.3, -0.25) is 0 Å². The van der Waals surface area contributed by atoms with Gasteiger partial charge in [-0.25, -0.2) is 0 Å². The lowest BCUT2D eigenvalue weighted by Gasteiger charge is -2.37. The molecule has 1 saturated carbocycles. The molecule has 1 aliphatic carbocycles. The molecule has 1 N–H and O–H groups in total. The highest BCUT2D eigenvalue weighted by Gasteiger charge is 2.31. The molecule has 0 saturated heterocycles. The Hall–Kier alpha value is -0.470. The van der Waals surface area contributed by atoms with Crippen molar-refractivity contribution in [1.29, 1.82) is 0 Å². The molecule has 19 heavy (non-hydrogen) atoms. The summed E-state index contributed by atoms with van der Waals surface area (Å²) in [4.78, 5) is 0. The van der Waals surface area contributed by atoms with Gasteiger partial charge in [0, 0.05) is 17.0 Å². The fourth-order valence-electron chi connectivity index (χ4n) is 3.06. The Kier molecular flexibility index (Phi) is 5.77. The molecular weight excluding hydrogens is 250 g/mol. The molecule has 3 atom stereocenters. The van der Waals surface area contributed by atoms with Crippen molar-refractivity contribution >= 4 is 11.8 Å². The number of rotatable bonds is 5. The van der Waals surface area contributed by atoms with Crippen LogP contribution in [0.5, 0.6) is 0 Å². The van der Waals surface area contributed by atoms with Crippen LogP contribution in [0, 0.1) is 11.8 Å². The number of hydrogen-bond acceptors (Lipinski definition) is 2. The van der Waals surface area contributed by atoms with Gasteiger partial charge in [0.15, 0.2) is 0 Å². The second-order valence-corrected chi connectivity index (χ2v) is 7.27. The zero-order valence-corrected chi connectivity index (χ0v) is 13.2. The molecule has 0 bridgehead atoms. The summed E-state index contributed by atoms with van der Waals surface area (Å²) in [5.41, 5.74) is 1.45. The second-order valence-electron chi connectivity index (χ2n) is 6.05. The van der Waals surface area contributed by atoms with Crippen LogP contribution in [0.3, 0.4) is 0 Å². The molecule has 106 valence electrons. The van der Waals surface area contributed by atoms with Crippen molar-refractivity contribution in [3.8, 4) is 0 Å². The van der Waals surface area contributed by atoms with Crippen LogP contribution in [0.4, 0.5) is 0 Å². The van der Waals surface area contributed by atoms with Crippen LogP contribution in [0.15, 0.2) is 30.3 Å². The van der Waals surface area contributed by atoms with Gasteiger partial charge in [-0.15, -0.1) is 0 Å². The Morgan fingerprint density at radius 2 is 1.95 bits per heavy atom. The number of hydrogen-bond donors (Lipinski definition) is 1. The lowest BCUT2D eigenvalue weighted by atomic mass is 9.79. The minimum absolute atomic E-state index is 0.698. The average molecular weight is 277 g/mol. The Balaban J connectivity index is 1.91. The van der Waals surface area contributed by atoms with Crippen molar-refractivity contribution < 1.29 is 0 Å². The van der Waals surface area contributed by atoms with E-state index in [4.69, 9.17) is 0 Å². The highest BCUT2D eigenvalue weighted by atomic mass is 32.2. The van der Waals surface area contributed by atoms with Crippen molar-refractivity contribution in [3.63, 3.8) is 0 Å². The van der Waals surface area contributed by atoms with Crippen molar-refractivity contribution in [2.24, 2.45) is 11.8 Å². The third kappa shape index (κ3) is 4.25. The van der Waals surface area contributed by atoms with E-state index in [2.05, 4.69) is 68.3 Å². The summed E-state index contributed by atoms with van der Waals surface area (Å²) in [6.07, 6.45) is 4.11. The molecular formula is C17H27NS. The van der Waals surface area contributed by atoms with Gasteiger partial charge in [-0.2, -0.15) is 11.8 Å². The average Bonchev–Trinajstić information content (AvgIpc) is 2.45. The molecule has 1 aromatic carbocycles. The Bertz CT molecular complexity index is 363. The monoisotopic (exact) mass is 277 g/mol. The lowest BCUT2D eigenvalue weighted by molar-refractivity contribution is 0.251. The van der Waals surface area contributed by atoms with Crippen LogP contribution in [0.1, 0.15) is 38.7 Å². The zero-order valence-electron chi connectivity index (χ0n) is 12.4. The van der Waals surface area contributed by atoms with E-state index >= 15 is 0 Å². The van der Waals surface area contributed by atoms with Crippen molar-refractivity contribution in [2.45, 2.75) is 50.2 Å².